The van der Waals surface area contributed by atoms with Gasteiger partial charge in [-0.25, -0.2) is 4.79 Å². The topological polar surface area (TPSA) is 84.5 Å². The van der Waals surface area contributed by atoms with Crippen molar-refractivity contribution in [2.75, 3.05) is 7.11 Å². The van der Waals surface area contributed by atoms with Crippen LogP contribution in [0.25, 0.3) is 0 Å². The van der Waals surface area contributed by atoms with Gasteiger partial charge in [0.2, 0.25) is 11.8 Å². The lowest BCUT2D eigenvalue weighted by molar-refractivity contribution is -0.145. The molecule has 0 spiro atoms. The molecule has 112 valence electrons. The van der Waals surface area contributed by atoms with Crippen LogP contribution in [-0.4, -0.2) is 37.0 Å². The van der Waals surface area contributed by atoms with Gasteiger partial charge in [-0.2, -0.15) is 0 Å². The average Bonchev–Trinajstić information content (AvgIpc) is 2.93. The molecule has 1 aliphatic heterocycles. The molecular formula is C15H18N2O4. The van der Waals surface area contributed by atoms with Gasteiger partial charge in [0.15, 0.2) is 0 Å². The normalized spacial score (nSPS) is 18.7. The minimum absolute atomic E-state index is 0.146. The highest BCUT2D eigenvalue weighted by atomic mass is 16.5. The second-order valence-electron chi connectivity index (χ2n) is 4.93. The van der Waals surface area contributed by atoms with Gasteiger partial charge in [-0.15, -0.1) is 0 Å². The predicted octanol–water partition coefficient (Wildman–Crippen LogP) is 0.166. The zero-order valence-corrected chi connectivity index (χ0v) is 11.8. The number of carbonyl (C=O) groups excluding carboxylic acids is 3. The molecule has 0 aromatic heterocycles. The lowest BCUT2D eigenvalue weighted by Crippen LogP contribution is -2.49. The van der Waals surface area contributed by atoms with Crippen LogP contribution in [-0.2, 0) is 25.5 Å². The number of hydrogen-bond acceptors (Lipinski definition) is 4. The number of carbonyl (C=O) groups is 3. The minimum Gasteiger partial charge on any atom is -0.467 e. The predicted molar refractivity (Wildman–Crippen MR) is 75.3 cm³/mol. The third-order valence-corrected chi connectivity index (χ3v) is 3.40. The number of benzene rings is 1. The Hall–Kier alpha value is -2.37. The molecule has 2 amide bonds. The summed E-state index contributed by atoms with van der Waals surface area (Å²) >= 11 is 0. The van der Waals surface area contributed by atoms with E-state index in [-0.39, 0.29) is 11.8 Å². The van der Waals surface area contributed by atoms with Crippen LogP contribution in [0.2, 0.25) is 0 Å². The van der Waals surface area contributed by atoms with Crippen molar-refractivity contribution in [3.63, 3.8) is 0 Å². The van der Waals surface area contributed by atoms with Crippen LogP contribution < -0.4 is 10.6 Å². The summed E-state index contributed by atoms with van der Waals surface area (Å²) in [5, 5.41) is 5.23. The summed E-state index contributed by atoms with van der Waals surface area (Å²) in [6, 6.07) is 8.02. The molecule has 21 heavy (non-hydrogen) atoms. The summed E-state index contributed by atoms with van der Waals surface area (Å²) in [7, 11) is 1.28. The number of hydrogen-bond donors (Lipinski definition) is 2. The van der Waals surface area contributed by atoms with Gasteiger partial charge in [0.1, 0.15) is 12.1 Å². The second kappa shape index (κ2) is 6.88. The number of rotatable bonds is 5. The highest BCUT2D eigenvalue weighted by Gasteiger charge is 2.30. The molecule has 2 rings (SSSR count). The molecule has 6 heteroatoms. The molecule has 1 fully saturated rings. The summed E-state index contributed by atoms with van der Waals surface area (Å²) in [6.07, 6.45) is 1.13. The van der Waals surface area contributed by atoms with Gasteiger partial charge >= 0.3 is 5.97 Å². The molecule has 0 bridgehead atoms. The van der Waals surface area contributed by atoms with Crippen LogP contribution in [0, 0.1) is 0 Å². The third-order valence-electron chi connectivity index (χ3n) is 3.40. The van der Waals surface area contributed by atoms with E-state index in [0.717, 1.165) is 5.56 Å². The van der Waals surface area contributed by atoms with Crippen molar-refractivity contribution in [3.05, 3.63) is 35.9 Å². The fourth-order valence-electron chi connectivity index (χ4n) is 2.27. The molecule has 2 atom stereocenters. The van der Waals surface area contributed by atoms with Gasteiger partial charge in [-0.3, -0.25) is 9.59 Å². The van der Waals surface area contributed by atoms with Gasteiger partial charge in [-0.05, 0) is 12.0 Å². The maximum Gasteiger partial charge on any atom is 0.328 e. The molecule has 1 aliphatic rings. The van der Waals surface area contributed by atoms with Crippen molar-refractivity contribution in [2.45, 2.75) is 31.3 Å². The fourth-order valence-corrected chi connectivity index (χ4v) is 2.27. The van der Waals surface area contributed by atoms with Crippen LogP contribution in [0.4, 0.5) is 0 Å². The first-order chi connectivity index (χ1) is 10.1. The first-order valence-corrected chi connectivity index (χ1v) is 6.81. The lowest BCUT2D eigenvalue weighted by Gasteiger charge is -2.19. The Morgan fingerprint density at radius 3 is 2.67 bits per heavy atom. The second-order valence-corrected chi connectivity index (χ2v) is 4.93. The molecule has 1 aromatic carbocycles. The van der Waals surface area contributed by atoms with Crippen molar-refractivity contribution in [1.82, 2.24) is 10.6 Å². The Morgan fingerprint density at radius 2 is 2.10 bits per heavy atom. The van der Waals surface area contributed by atoms with E-state index in [4.69, 9.17) is 4.74 Å². The van der Waals surface area contributed by atoms with E-state index in [1.54, 1.807) is 0 Å². The summed E-state index contributed by atoms with van der Waals surface area (Å²) < 4.78 is 4.73. The van der Waals surface area contributed by atoms with E-state index < -0.39 is 18.1 Å². The highest BCUT2D eigenvalue weighted by molar-refractivity contribution is 5.93. The number of ether oxygens (including phenoxy) is 1. The molecule has 0 radical (unpaired) electrons. The van der Waals surface area contributed by atoms with Crippen LogP contribution >= 0.6 is 0 Å². The van der Waals surface area contributed by atoms with E-state index >= 15 is 0 Å². The number of nitrogens with one attached hydrogen (secondary N) is 2. The molecule has 0 unspecified atom stereocenters. The standard InChI is InChI=1S/C15H18N2O4/c1-21-15(20)12(9-10-5-3-2-4-6-10)17-14(19)11-7-8-13(18)16-11/h2-6,11-12H,7-9H2,1H3,(H,16,18)(H,17,19)/t11-,12+/m1/s1. The lowest BCUT2D eigenvalue weighted by atomic mass is 10.1. The zero-order valence-electron chi connectivity index (χ0n) is 11.8. The quantitative estimate of drug-likeness (QED) is 0.757. The van der Waals surface area contributed by atoms with Crippen molar-refractivity contribution in [2.24, 2.45) is 0 Å². The average molecular weight is 290 g/mol. The Balaban J connectivity index is 2.01. The van der Waals surface area contributed by atoms with Crippen LogP contribution in [0.3, 0.4) is 0 Å². The van der Waals surface area contributed by atoms with Gasteiger partial charge < -0.3 is 15.4 Å². The Labute approximate surface area is 122 Å². The highest BCUT2D eigenvalue weighted by Crippen LogP contribution is 2.09. The number of esters is 1. The summed E-state index contributed by atoms with van der Waals surface area (Å²) in [5.41, 5.74) is 0.920. The van der Waals surface area contributed by atoms with Gasteiger partial charge in [0.05, 0.1) is 7.11 Å². The van der Waals surface area contributed by atoms with Crippen molar-refractivity contribution in [1.29, 1.82) is 0 Å². The third kappa shape index (κ3) is 4.05. The van der Waals surface area contributed by atoms with Gasteiger partial charge in [0, 0.05) is 12.8 Å². The molecule has 0 saturated carbocycles. The molecular weight excluding hydrogens is 272 g/mol. The summed E-state index contributed by atoms with van der Waals surface area (Å²) in [5.74, 6) is -1.00. The maximum atomic E-state index is 12.1. The van der Waals surface area contributed by atoms with E-state index in [9.17, 15) is 14.4 Å². The largest absolute Gasteiger partial charge is 0.467 e. The minimum atomic E-state index is -0.762. The first kappa shape index (κ1) is 15.0. The van der Waals surface area contributed by atoms with Gasteiger partial charge in [-0.1, -0.05) is 30.3 Å². The van der Waals surface area contributed by atoms with Crippen molar-refractivity contribution < 1.29 is 19.1 Å². The van der Waals surface area contributed by atoms with Crippen molar-refractivity contribution in [3.8, 4) is 0 Å². The molecule has 1 aromatic rings. The molecule has 2 N–H and O–H groups in total. The molecule has 1 heterocycles. The number of amides is 2. The SMILES string of the molecule is COC(=O)[C@H](Cc1ccccc1)NC(=O)[C@H]1CCC(=O)N1. The van der Waals surface area contributed by atoms with Crippen LogP contribution in [0.15, 0.2) is 30.3 Å². The van der Waals surface area contributed by atoms with E-state index in [1.807, 2.05) is 30.3 Å². The monoisotopic (exact) mass is 290 g/mol. The van der Waals surface area contributed by atoms with Crippen LogP contribution in [0.1, 0.15) is 18.4 Å². The maximum absolute atomic E-state index is 12.1. The smallest absolute Gasteiger partial charge is 0.328 e. The Morgan fingerprint density at radius 1 is 1.38 bits per heavy atom. The zero-order chi connectivity index (χ0) is 15.2. The summed E-state index contributed by atoms with van der Waals surface area (Å²) in [4.78, 5) is 35.0. The molecule has 0 aliphatic carbocycles. The van der Waals surface area contributed by atoms with Gasteiger partial charge in [0.25, 0.3) is 0 Å². The summed E-state index contributed by atoms with van der Waals surface area (Å²) in [6.45, 7) is 0. The first-order valence-electron chi connectivity index (χ1n) is 6.81. The van der Waals surface area contributed by atoms with E-state index in [1.165, 1.54) is 7.11 Å². The molecule has 1 saturated heterocycles. The Bertz CT molecular complexity index is 530. The fraction of sp³-hybridized carbons (Fsp3) is 0.400. The van der Waals surface area contributed by atoms with Crippen LogP contribution in [0.5, 0.6) is 0 Å². The van der Waals surface area contributed by atoms with E-state index in [2.05, 4.69) is 10.6 Å². The Kier molecular flexibility index (Phi) is 4.92. The van der Waals surface area contributed by atoms with E-state index in [0.29, 0.717) is 19.3 Å². The number of methoxy groups -OCH3 is 1. The molecule has 6 nitrogen and oxygen atoms in total. The van der Waals surface area contributed by atoms with Crippen molar-refractivity contribution >= 4 is 17.8 Å².